The SMILES string of the molecule is CN(C)/C=C(Br)\C=C(/C=O)C(=O)O. The van der Waals surface area contributed by atoms with E-state index in [4.69, 9.17) is 5.11 Å². The van der Waals surface area contributed by atoms with Crippen molar-refractivity contribution < 1.29 is 14.7 Å². The van der Waals surface area contributed by atoms with E-state index in [-0.39, 0.29) is 5.57 Å². The van der Waals surface area contributed by atoms with Crippen molar-refractivity contribution in [2.45, 2.75) is 0 Å². The molecule has 0 amide bonds. The van der Waals surface area contributed by atoms with Crippen LogP contribution in [0.1, 0.15) is 0 Å². The molecular formula is C8H10BrNO3. The summed E-state index contributed by atoms with van der Waals surface area (Å²) in [6.07, 6.45) is 3.19. The van der Waals surface area contributed by atoms with E-state index >= 15 is 0 Å². The van der Waals surface area contributed by atoms with Gasteiger partial charge in [0.1, 0.15) is 5.57 Å². The molecule has 0 fully saturated rings. The Hall–Kier alpha value is -1.10. The molecule has 0 unspecified atom stereocenters. The minimum Gasteiger partial charge on any atom is -0.478 e. The number of aldehydes is 1. The van der Waals surface area contributed by atoms with Crippen LogP contribution >= 0.6 is 15.9 Å². The Morgan fingerprint density at radius 3 is 2.31 bits per heavy atom. The molecule has 0 aromatic rings. The number of hydrogen-bond donors (Lipinski definition) is 1. The van der Waals surface area contributed by atoms with Gasteiger partial charge in [0.2, 0.25) is 0 Å². The maximum Gasteiger partial charge on any atom is 0.339 e. The van der Waals surface area contributed by atoms with Crippen molar-refractivity contribution in [3.8, 4) is 0 Å². The van der Waals surface area contributed by atoms with Crippen molar-refractivity contribution in [1.82, 2.24) is 4.90 Å². The van der Waals surface area contributed by atoms with Gasteiger partial charge in [0, 0.05) is 24.8 Å². The zero-order chi connectivity index (χ0) is 10.4. The van der Waals surface area contributed by atoms with E-state index in [1.54, 1.807) is 25.2 Å². The molecule has 5 heteroatoms. The smallest absolute Gasteiger partial charge is 0.339 e. The van der Waals surface area contributed by atoms with Gasteiger partial charge in [0.15, 0.2) is 6.29 Å². The fourth-order valence-corrected chi connectivity index (χ4v) is 1.23. The number of carboxylic acid groups (broad SMARTS) is 1. The van der Waals surface area contributed by atoms with Crippen molar-refractivity contribution in [2.75, 3.05) is 14.1 Å². The number of aliphatic carboxylic acids is 1. The first-order valence-electron chi connectivity index (χ1n) is 3.41. The number of carboxylic acids is 1. The second-order valence-corrected chi connectivity index (χ2v) is 3.42. The molecule has 0 radical (unpaired) electrons. The summed E-state index contributed by atoms with van der Waals surface area (Å²) < 4.78 is 0.530. The lowest BCUT2D eigenvalue weighted by Crippen LogP contribution is -2.03. The molecule has 0 saturated heterocycles. The van der Waals surface area contributed by atoms with Gasteiger partial charge in [-0.15, -0.1) is 0 Å². The first kappa shape index (κ1) is 11.9. The van der Waals surface area contributed by atoms with Gasteiger partial charge in [-0.25, -0.2) is 4.79 Å². The summed E-state index contributed by atoms with van der Waals surface area (Å²) in [4.78, 5) is 22.4. The van der Waals surface area contributed by atoms with Crippen LogP contribution in [0.25, 0.3) is 0 Å². The molecule has 0 aromatic carbocycles. The topological polar surface area (TPSA) is 57.6 Å². The van der Waals surface area contributed by atoms with Crippen LogP contribution in [0.15, 0.2) is 22.3 Å². The predicted octanol–water partition coefficient (Wildman–Crippen LogP) is 0.994. The molecule has 0 atom stereocenters. The van der Waals surface area contributed by atoms with Gasteiger partial charge in [0.05, 0.1) is 0 Å². The maximum absolute atomic E-state index is 10.4. The monoisotopic (exact) mass is 247 g/mol. The number of nitrogens with zero attached hydrogens (tertiary/aromatic N) is 1. The van der Waals surface area contributed by atoms with E-state index < -0.39 is 5.97 Å². The fourth-order valence-electron chi connectivity index (χ4n) is 0.579. The Bertz CT molecular complexity index is 269. The summed E-state index contributed by atoms with van der Waals surface area (Å²) >= 11 is 3.11. The molecule has 0 aliphatic carbocycles. The average molecular weight is 248 g/mol. The third-order valence-corrected chi connectivity index (χ3v) is 1.48. The van der Waals surface area contributed by atoms with Crippen LogP contribution in [-0.4, -0.2) is 36.4 Å². The lowest BCUT2D eigenvalue weighted by Gasteiger charge is -2.03. The van der Waals surface area contributed by atoms with Crippen molar-refractivity contribution in [3.05, 3.63) is 22.3 Å². The minimum atomic E-state index is -1.24. The van der Waals surface area contributed by atoms with Gasteiger partial charge in [-0.3, -0.25) is 4.79 Å². The summed E-state index contributed by atoms with van der Waals surface area (Å²) in [6.45, 7) is 0. The van der Waals surface area contributed by atoms with E-state index in [1.165, 1.54) is 6.08 Å². The highest BCUT2D eigenvalue weighted by atomic mass is 79.9. The summed E-state index contributed by atoms with van der Waals surface area (Å²) in [5.74, 6) is -1.24. The molecule has 72 valence electrons. The second-order valence-electron chi connectivity index (χ2n) is 2.50. The average Bonchev–Trinajstić information content (AvgIpc) is 1.98. The van der Waals surface area contributed by atoms with Crippen LogP contribution in [0.3, 0.4) is 0 Å². The normalized spacial score (nSPS) is 12.5. The Morgan fingerprint density at radius 2 is 2.00 bits per heavy atom. The van der Waals surface area contributed by atoms with Crippen molar-refractivity contribution >= 4 is 28.2 Å². The Balaban J connectivity index is 4.70. The van der Waals surface area contributed by atoms with E-state index in [0.717, 1.165) is 0 Å². The van der Waals surface area contributed by atoms with Gasteiger partial charge in [0.25, 0.3) is 0 Å². The third-order valence-electron chi connectivity index (χ3n) is 1.05. The van der Waals surface area contributed by atoms with Crippen LogP contribution in [-0.2, 0) is 9.59 Å². The van der Waals surface area contributed by atoms with Crippen molar-refractivity contribution in [2.24, 2.45) is 0 Å². The molecule has 0 saturated carbocycles. The summed E-state index contributed by atoms with van der Waals surface area (Å²) in [5.41, 5.74) is -0.287. The van der Waals surface area contributed by atoms with Gasteiger partial charge in [-0.2, -0.15) is 0 Å². The van der Waals surface area contributed by atoms with Crippen LogP contribution < -0.4 is 0 Å². The summed E-state index contributed by atoms with van der Waals surface area (Å²) in [5, 5.41) is 8.50. The highest BCUT2D eigenvalue weighted by molar-refractivity contribution is 9.11. The van der Waals surface area contributed by atoms with Gasteiger partial charge >= 0.3 is 5.97 Å². The lowest BCUT2D eigenvalue weighted by molar-refractivity contribution is -0.133. The predicted molar refractivity (Wildman–Crippen MR) is 52.5 cm³/mol. The van der Waals surface area contributed by atoms with Gasteiger partial charge in [-0.1, -0.05) is 0 Å². The van der Waals surface area contributed by atoms with Crippen LogP contribution in [0.5, 0.6) is 0 Å². The largest absolute Gasteiger partial charge is 0.478 e. The number of halogens is 1. The van der Waals surface area contributed by atoms with Crippen molar-refractivity contribution in [1.29, 1.82) is 0 Å². The molecule has 0 aromatic heterocycles. The lowest BCUT2D eigenvalue weighted by atomic mass is 10.3. The Labute approximate surface area is 84.7 Å². The molecule has 1 N–H and O–H groups in total. The maximum atomic E-state index is 10.4. The van der Waals surface area contributed by atoms with Gasteiger partial charge in [-0.05, 0) is 22.0 Å². The standard InChI is InChI=1S/C8H10BrNO3/c1-10(2)4-7(9)3-6(5-11)8(12)13/h3-5H,1-2H3,(H,12,13)/b6-3+,7-4+. The zero-order valence-electron chi connectivity index (χ0n) is 7.32. The minimum absolute atomic E-state index is 0.287. The number of carbonyl (C=O) groups is 2. The second kappa shape index (κ2) is 5.53. The molecule has 0 spiro atoms. The molecule has 0 heterocycles. The Kier molecular flexibility index (Phi) is 5.06. The van der Waals surface area contributed by atoms with Crippen molar-refractivity contribution in [3.63, 3.8) is 0 Å². The first-order valence-corrected chi connectivity index (χ1v) is 4.20. The van der Waals surface area contributed by atoms with Crippen LogP contribution in [0.2, 0.25) is 0 Å². The fraction of sp³-hybridized carbons (Fsp3) is 0.250. The number of carbonyl (C=O) groups excluding carboxylic acids is 1. The molecule has 4 nitrogen and oxygen atoms in total. The highest BCUT2D eigenvalue weighted by Crippen LogP contribution is 2.09. The number of rotatable bonds is 4. The molecule has 13 heavy (non-hydrogen) atoms. The highest BCUT2D eigenvalue weighted by Gasteiger charge is 2.04. The molecule has 0 aliphatic heterocycles. The van der Waals surface area contributed by atoms with Crippen LogP contribution in [0.4, 0.5) is 0 Å². The molecular weight excluding hydrogens is 238 g/mol. The summed E-state index contributed by atoms with van der Waals surface area (Å²) in [6, 6.07) is 0. The molecule has 0 rings (SSSR count). The van der Waals surface area contributed by atoms with E-state index in [9.17, 15) is 9.59 Å². The molecule has 0 aliphatic rings. The van der Waals surface area contributed by atoms with E-state index in [1.807, 2.05) is 0 Å². The third kappa shape index (κ3) is 5.19. The number of hydrogen-bond acceptors (Lipinski definition) is 3. The van der Waals surface area contributed by atoms with Gasteiger partial charge < -0.3 is 10.0 Å². The quantitative estimate of drug-likeness (QED) is 0.265. The number of allylic oxidation sites excluding steroid dienone is 2. The van der Waals surface area contributed by atoms with E-state index in [2.05, 4.69) is 15.9 Å². The zero-order valence-corrected chi connectivity index (χ0v) is 8.91. The molecule has 0 bridgehead atoms. The first-order chi connectivity index (χ1) is 5.97. The Morgan fingerprint density at radius 1 is 1.46 bits per heavy atom. The van der Waals surface area contributed by atoms with Crippen LogP contribution in [0, 0.1) is 0 Å². The summed E-state index contributed by atoms with van der Waals surface area (Å²) in [7, 11) is 3.58. The van der Waals surface area contributed by atoms with E-state index in [0.29, 0.717) is 10.8 Å².